The summed E-state index contributed by atoms with van der Waals surface area (Å²) in [4.78, 5) is 17.5. The zero-order valence-electron chi connectivity index (χ0n) is 13.8. The molecule has 126 valence electrons. The van der Waals surface area contributed by atoms with E-state index in [1.54, 1.807) is 35.2 Å². The summed E-state index contributed by atoms with van der Waals surface area (Å²) in [7, 11) is 0. The van der Waals surface area contributed by atoms with E-state index in [0.29, 0.717) is 11.1 Å². The van der Waals surface area contributed by atoms with Crippen LogP contribution >= 0.6 is 0 Å². The zero-order chi connectivity index (χ0) is 17.9. The van der Waals surface area contributed by atoms with E-state index in [-0.39, 0.29) is 11.4 Å². The summed E-state index contributed by atoms with van der Waals surface area (Å²) < 4.78 is 15.3. The minimum atomic E-state index is -0.378. The Kier molecular flexibility index (Phi) is 4.15. The lowest BCUT2D eigenvalue weighted by Gasteiger charge is -2.12. The highest BCUT2D eigenvalue weighted by atomic mass is 19.1. The maximum atomic E-state index is 13.7. The third-order valence-electron chi connectivity index (χ3n) is 4.15. The van der Waals surface area contributed by atoms with Gasteiger partial charge < -0.3 is 0 Å². The molecular formula is C22H15FN2O. The maximum Gasteiger partial charge on any atom is 0.262 e. The second-order valence-corrected chi connectivity index (χ2v) is 5.88. The van der Waals surface area contributed by atoms with Gasteiger partial charge in [0.25, 0.3) is 5.56 Å². The van der Waals surface area contributed by atoms with Gasteiger partial charge >= 0.3 is 0 Å². The molecule has 0 unspecified atom stereocenters. The first-order valence-corrected chi connectivity index (χ1v) is 8.22. The highest BCUT2D eigenvalue weighted by Gasteiger charge is 2.12. The van der Waals surface area contributed by atoms with Gasteiger partial charge in [-0.15, -0.1) is 0 Å². The van der Waals surface area contributed by atoms with E-state index in [9.17, 15) is 9.18 Å². The van der Waals surface area contributed by atoms with Gasteiger partial charge in [-0.25, -0.2) is 4.39 Å². The lowest BCUT2D eigenvalue weighted by molar-refractivity contribution is 0.628. The predicted octanol–water partition coefficient (Wildman–Crippen LogP) is 4.71. The third kappa shape index (κ3) is 3.05. The predicted molar refractivity (Wildman–Crippen MR) is 101 cm³/mol. The summed E-state index contributed by atoms with van der Waals surface area (Å²) in [6.45, 7) is 0. The maximum absolute atomic E-state index is 13.7. The Balaban J connectivity index is 2.01. The highest BCUT2D eigenvalue weighted by Crippen LogP contribution is 2.24. The Bertz CT molecular complexity index is 1110. The molecule has 0 atom stereocenters. The standard InChI is InChI=1S/C22H15FN2O/c23-18-8-6-7-16(13-18)20-14-17(21-11-4-5-12-24-21)15-25(22(20)26)19-9-2-1-3-10-19/h1-15H. The summed E-state index contributed by atoms with van der Waals surface area (Å²) >= 11 is 0. The Morgan fingerprint density at radius 1 is 0.808 bits per heavy atom. The van der Waals surface area contributed by atoms with Gasteiger partial charge in [-0.05, 0) is 48.0 Å². The zero-order valence-corrected chi connectivity index (χ0v) is 13.8. The summed E-state index contributed by atoms with van der Waals surface area (Å²) in [5, 5.41) is 0. The molecule has 0 fully saturated rings. The summed E-state index contributed by atoms with van der Waals surface area (Å²) in [5.74, 6) is -0.378. The van der Waals surface area contributed by atoms with Crippen LogP contribution in [-0.4, -0.2) is 9.55 Å². The number of para-hydroxylation sites is 1. The van der Waals surface area contributed by atoms with Gasteiger partial charge in [0.15, 0.2) is 0 Å². The Morgan fingerprint density at radius 3 is 2.35 bits per heavy atom. The van der Waals surface area contributed by atoms with E-state index in [2.05, 4.69) is 4.98 Å². The number of halogens is 1. The number of nitrogens with zero attached hydrogens (tertiary/aromatic N) is 2. The van der Waals surface area contributed by atoms with Crippen molar-refractivity contribution in [1.29, 1.82) is 0 Å². The van der Waals surface area contributed by atoms with Gasteiger partial charge in [0, 0.05) is 29.2 Å². The molecule has 0 saturated carbocycles. The van der Waals surface area contributed by atoms with Gasteiger partial charge in [0.1, 0.15) is 5.82 Å². The van der Waals surface area contributed by atoms with Crippen LogP contribution in [0.4, 0.5) is 4.39 Å². The molecule has 4 heteroatoms. The van der Waals surface area contributed by atoms with E-state index in [4.69, 9.17) is 0 Å². The molecule has 0 aliphatic carbocycles. The van der Waals surface area contributed by atoms with Crippen molar-refractivity contribution in [2.45, 2.75) is 0 Å². The molecule has 4 aromatic rings. The van der Waals surface area contributed by atoms with Gasteiger partial charge in [0.05, 0.1) is 5.69 Å². The molecule has 0 spiro atoms. The van der Waals surface area contributed by atoms with Crippen molar-refractivity contribution in [3.05, 3.63) is 107 Å². The average Bonchev–Trinajstić information content (AvgIpc) is 2.69. The van der Waals surface area contributed by atoms with Crippen molar-refractivity contribution >= 4 is 0 Å². The minimum Gasteiger partial charge on any atom is -0.283 e. The summed E-state index contributed by atoms with van der Waals surface area (Å²) in [5.41, 5.74) is 3.03. The Labute approximate surface area is 150 Å². The van der Waals surface area contributed by atoms with Crippen LogP contribution in [0, 0.1) is 5.82 Å². The molecule has 2 heterocycles. The van der Waals surface area contributed by atoms with Crippen LogP contribution in [0.1, 0.15) is 0 Å². The van der Waals surface area contributed by atoms with Gasteiger partial charge in [-0.3, -0.25) is 14.3 Å². The van der Waals surface area contributed by atoms with Gasteiger partial charge in [-0.1, -0.05) is 36.4 Å². The summed E-state index contributed by atoms with van der Waals surface area (Å²) in [6, 6.07) is 22.8. The van der Waals surface area contributed by atoms with Crippen LogP contribution in [0.5, 0.6) is 0 Å². The highest BCUT2D eigenvalue weighted by molar-refractivity contribution is 5.70. The van der Waals surface area contributed by atoms with Crippen LogP contribution in [-0.2, 0) is 0 Å². The lowest BCUT2D eigenvalue weighted by atomic mass is 10.0. The van der Waals surface area contributed by atoms with Crippen molar-refractivity contribution < 1.29 is 4.39 Å². The van der Waals surface area contributed by atoms with Crippen molar-refractivity contribution in [1.82, 2.24) is 9.55 Å². The van der Waals surface area contributed by atoms with E-state index >= 15 is 0 Å². The van der Waals surface area contributed by atoms with Crippen LogP contribution in [0.2, 0.25) is 0 Å². The number of rotatable bonds is 3. The first kappa shape index (κ1) is 16.0. The van der Waals surface area contributed by atoms with Gasteiger partial charge in [0.2, 0.25) is 0 Å². The second kappa shape index (κ2) is 6.76. The SMILES string of the molecule is O=c1c(-c2cccc(F)c2)cc(-c2ccccn2)cn1-c1ccccc1. The van der Waals surface area contributed by atoms with Crippen LogP contribution in [0.25, 0.3) is 28.1 Å². The molecule has 0 saturated heterocycles. The number of hydrogen-bond donors (Lipinski definition) is 0. The van der Waals surface area contributed by atoms with Crippen molar-refractivity contribution in [2.75, 3.05) is 0 Å². The molecule has 0 radical (unpaired) electrons. The summed E-state index contributed by atoms with van der Waals surface area (Å²) in [6.07, 6.45) is 3.47. The molecule has 2 aromatic carbocycles. The normalized spacial score (nSPS) is 10.7. The number of hydrogen-bond acceptors (Lipinski definition) is 2. The first-order chi connectivity index (χ1) is 12.7. The molecule has 26 heavy (non-hydrogen) atoms. The fraction of sp³-hybridized carbons (Fsp3) is 0. The molecule has 3 nitrogen and oxygen atoms in total. The first-order valence-electron chi connectivity index (χ1n) is 8.22. The Hall–Kier alpha value is -3.53. The smallest absolute Gasteiger partial charge is 0.262 e. The van der Waals surface area contributed by atoms with Crippen molar-refractivity contribution in [3.8, 4) is 28.1 Å². The molecule has 4 rings (SSSR count). The van der Waals surface area contributed by atoms with Gasteiger partial charge in [-0.2, -0.15) is 0 Å². The molecule has 0 amide bonds. The van der Waals surface area contributed by atoms with E-state index in [1.807, 2.05) is 48.5 Å². The van der Waals surface area contributed by atoms with E-state index < -0.39 is 0 Å². The van der Waals surface area contributed by atoms with Crippen molar-refractivity contribution in [3.63, 3.8) is 0 Å². The molecule has 0 aliphatic heterocycles. The largest absolute Gasteiger partial charge is 0.283 e. The van der Waals surface area contributed by atoms with Crippen molar-refractivity contribution in [2.24, 2.45) is 0 Å². The molecule has 0 N–H and O–H groups in total. The fourth-order valence-electron chi connectivity index (χ4n) is 2.90. The number of benzene rings is 2. The average molecular weight is 342 g/mol. The Morgan fingerprint density at radius 2 is 1.62 bits per heavy atom. The second-order valence-electron chi connectivity index (χ2n) is 5.88. The van der Waals surface area contributed by atoms with E-state index in [1.165, 1.54) is 12.1 Å². The van der Waals surface area contributed by atoms with Crippen LogP contribution in [0.3, 0.4) is 0 Å². The number of pyridine rings is 2. The quantitative estimate of drug-likeness (QED) is 0.541. The molecule has 0 aliphatic rings. The molecule has 0 bridgehead atoms. The van der Waals surface area contributed by atoms with E-state index in [0.717, 1.165) is 16.9 Å². The molecule has 2 aromatic heterocycles. The fourth-order valence-corrected chi connectivity index (χ4v) is 2.90. The monoisotopic (exact) mass is 342 g/mol. The van der Waals surface area contributed by atoms with Crippen LogP contribution in [0.15, 0.2) is 96.1 Å². The third-order valence-corrected chi connectivity index (χ3v) is 4.15. The molecular weight excluding hydrogens is 327 g/mol. The minimum absolute atomic E-state index is 0.207. The lowest BCUT2D eigenvalue weighted by Crippen LogP contribution is -2.20. The topological polar surface area (TPSA) is 34.9 Å². The number of aromatic nitrogens is 2. The van der Waals surface area contributed by atoms with Crippen LogP contribution < -0.4 is 5.56 Å².